The SMILES string of the molecule is [N-]=[N+]=Nc1c(C=O)ccc2cccnc12. The Morgan fingerprint density at radius 3 is 3.00 bits per heavy atom. The molecule has 1 heterocycles. The molecule has 0 radical (unpaired) electrons. The summed E-state index contributed by atoms with van der Waals surface area (Å²) in [7, 11) is 0. The number of hydrogen-bond donors (Lipinski definition) is 0. The molecule has 0 unspecified atom stereocenters. The summed E-state index contributed by atoms with van der Waals surface area (Å²) >= 11 is 0. The Morgan fingerprint density at radius 1 is 1.40 bits per heavy atom. The first-order valence-corrected chi connectivity index (χ1v) is 4.25. The van der Waals surface area contributed by atoms with E-state index in [-0.39, 0.29) is 5.69 Å². The van der Waals surface area contributed by atoms with Crippen LogP contribution in [0.15, 0.2) is 35.6 Å². The third-order valence-electron chi connectivity index (χ3n) is 2.05. The maximum absolute atomic E-state index is 10.7. The van der Waals surface area contributed by atoms with Crippen LogP contribution in [-0.2, 0) is 0 Å². The van der Waals surface area contributed by atoms with E-state index in [1.54, 1.807) is 24.4 Å². The Kier molecular flexibility index (Phi) is 2.31. The fraction of sp³-hybridized carbons (Fsp3) is 0. The van der Waals surface area contributed by atoms with Crippen LogP contribution < -0.4 is 0 Å². The van der Waals surface area contributed by atoms with Crippen molar-refractivity contribution < 1.29 is 4.79 Å². The van der Waals surface area contributed by atoms with Crippen molar-refractivity contribution in [3.8, 4) is 0 Å². The summed E-state index contributed by atoms with van der Waals surface area (Å²) in [5, 5.41) is 4.33. The number of aromatic nitrogens is 1. The predicted octanol–water partition coefficient (Wildman–Crippen LogP) is 2.99. The van der Waals surface area contributed by atoms with Crippen molar-refractivity contribution >= 4 is 22.9 Å². The Hall–Kier alpha value is -2.39. The minimum absolute atomic E-state index is 0.283. The minimum Gasteiger partial charge on any atom is -0.298 e. The molecule has 0 saturated heterocycles. The van der Waals surface area contributed by atoms with E-state index in [1.165, 1.54) is 0 Å². The van der Waals surface area contributed by atoms with Gasteiger partial charge in [-0.3, -0.25) is 9.78 Å². The summed E-state index contributed by atoms with van der Waals surface area (Å²) in [4.78, 5) is 17.5. The first-order chi connectivity index (χ1) is 7.36. The van der Waals surface area contributed by atoms with Crippen LogP contribution in [0.4, 0.5) is 5.69 Å². The lowest BCUT2D eigenvalue weighted by molar-refractivity contribution is 0.112. The molecule has 0 amide bonds. The maximum atomic E-state index is 10.7. The van der Waals surface area contributed by atoms with Crippen molar-refractivity contribution in [3.63, 3.8) is 0 Å². The number of benzene rings is 1. The Morgan fingerprint density at radius 2 is 2.27 bits per heavy atom. The van der Waals surface area contributed by atoms with Crippen molar-refractivity contribution in [2.75, 3.05) is 0 Å². The molecule has 0 N–H and O–H groups in total. The van der Waals surface area contributed by atoms with Crippen molar-refractivity contribution in [1.82, 2.24) is 4.98 Å². The van der Waals surface area contributed by atoms with Gasteiger partial charge < -0.3 is 0 Å². The van der Waals surface area contributed by atoms with Crippen LogP contribution >= 0.6 is 0 Å². The van der Waals surface area contributed by atoms with E-state index in [2.05, 4.69) is 15.0 Å². The summed E-state index contributed by atoms with van der Waals surface area (Å²) in [6.07, 6.45) is 2.24. The number of rotatable bonds is 2. The van der Waals surface area contributed by atoms with Gasteiger partial charge in [0.25, 0.3) is 0 Å². The molecule has 0 spiro atoms. The highest BCUT2D eigenvalue weighted by Crippen LogP contribution is 2.27. The van der Waals surface area contributed by atoms with Crippen molar-refractivity contribution in [2.45, 2.75) is 0 Å². The molecular weight excluding hydrogens is 192 g/mol. The molecule has 2 rings (SSSR count). The molecule has 15 heavy (non-hydrogen) atoms. The smallest absolute Gasteiger partial charge is 0.150 e. The van der Waals surface area contributed by atoms with Gasteiger partial charge >= 0.3 is 0 Å². The number of fused-ring (bicyclic) bond motifs is 1. The second kappa shape index (κ2) is 3.77. The Labute approximate surface area is 85.0 Å². The van der Waals surface area contributed by atoms with Crippen LogP contribution in [0.3, 0.4) is 0 Å². The molecule has 1 aromatic carbocycles. The van der Waals surface area contributed by atoms with Gasteiger partial charge in [-0.1, -0.05) is 23.3 Å². The summed E-state index contributed by atoms with van der Waals surface area (Å²) in [5.41, 5.74) is 9.58. The molecule has 0 bridgehead atoms. The third-order valence-corrected chi connectivity index (χ3v) is 2.05. The second-order valence-corrected chi connectivity index (χ2v) is 2.89. The number of azide groups is 1. The monoisotopic (exact) mass is 198 g/mol. The lowest BCUT2D eigenvalue weighted by Gasteiger charge is -2.02. The van der Waals surface area contributed by atoms with Gasteiger partial charge in [-0.25, -0.2) is 0 Å². The fourth-order valence-corrected chi connectivity index (χ4v) is 1.39. The van der Waals surface area contributed by atoms with Crippen LogP contribution in [0.25, 0.3) is 21.3 Å². The molecule has 0 fully saturated rings. The van der Waals surface area contributed by atoms with E-state index in [9.17, 15) is 4.79 Å². The highest BCUT2D eigenvalue weighted by atomic mass is 16.1. The van der Waals surface area contributed by atoms with Crippen molar-refractivity contribution in [3.05, 3.63) is 46.5 Å². The second-order valence-electron chi connectivity index (χ2n) is 2.89. The average molecular weight is 198 g/mol. The minimum atomic E-state index is 0.283. The standard InChI is InChI=1S/C10H6N4O/c11-14-13-10-8(6-15)4-3-7-2-1-5-12-9(7)10/h1-6H. The first kappa shape index (κ1) is 9.18. The third kappa shape index (κ3) is 1.51. The van der Waals surface area contributed by atoms with Gasteiger partial charge in [0.1, 0.15) is 0 Å². The van der Waals surface area contributed by atoms with Gasteiger partial charge in [0.2, 0.25) is 0 Å². The Balaban J connectivity index is 2.90. The molecule has 0 aliphatic heterocycles. The van der Waals surface area contributed by atoms with Crippen LogP contribution in [0.5, 0.6) is 0 Å². The van der Waals surface area contributed by atoms with Gasteiger partial charge in [0.05, 0.1) is 11.2 Å². The van der Waals surface area contributed by atoms with E-state index < -0.39 is 0 Å². The normalized spacial score (nSPS) is 9.60. The molecule has 2 aromatic rings. The van der Waals surface area contributed by atoms with E-state index >= 15 is 0 Å². The molecule has 5 nitrogen and oxygen atoms in total. The van der Waals surface area contributed by atoms with Gasteiger partial charge in [-0.2, -0.15) is 0 Å². The van der Waals surface area contributed by atoms with E-state index in [0.717, 1.165) is 5.39 Å². The average Bonchev–Trinajstić information content (AvgIpc) is 2.30. The molecular formula is C10H6N4O. The molecule has 0 aliphatic carbocycles. The summed E-state index contributed by atoms with van der Waals surface area (Å²) in [6.45, 7) is 0. The van der Waals surface area contributed by atoms with E-state index in [1.807, 2.05) is 6.07 Å². The van der Waals surface area contributed by atoms with E-state index in [0.29, 0.717) is 17.4 Å². The number of hydrogen-bond acceptors (Lipinski definition) is 3. The number of aldehydes is 1. The highest BCUT2D eigenvalue weighted by molar-refractivity contribution is 5.98. The molecule has 5 heteroatoms. The number of carbonyl (C=O) groups excluding carboxylic acids is 1. The van der Waals surface area contributed by atoms with Crippen LogP contribution in [0.1, 0.15) is 10.4 Å². The maximum Gasteiger partial charge on any atom is 0.150 e. The Bertz CT molecular complexity index is 573. The van der Waals surface area contributed by atoms with Crippen molar-refractivity contribution in [1.29, 1.82) is 0 Å². The summed E-state index contributed by atoms with van der Waals surface area (Å²) in [5.74, 6) is 0. The first-order valence-electron chi connectivity index (χ1n) is 4.25. The van der Waals surface area contributed by atoms with Gasteiger partial charge in [-0.05, 0) is 11.6 Å². The van der Waals surface area contributed by atoms with Crippen LogP contribution in [0, 0.1) is 0 Å². The molecule has 0 atom stereocenters. The summed E-state index contributed by atoms with van der Waals surface area (Å²) in [6, 6.07) is 7.00. The molecule has 1 aromatic heterocycles. The summed E-state index contributed by atoms with van der Waals surface area (Å²) < 4.78 is 0. The zero-order valence-corrected chi connectivity index (χ0v) is 7.66. The topological polar surface area (TPSA) is 78.7 Å². The van der Waals surface area contributed by atoms with Crippen LogP contribution in [-0.4, -0.2) is 11.3 Å². The van der Waals surface area contributed by atoms with Gasteiger partial charge in [0, 0.05) is 22.1 Å². The lowest BCUT2D eigenvalue weighted by atomic mass is 10.1. The zero-order chi connectivity index (χ0) is 10.7. The van der Waals surface area contributed by atoms with Crippen LogP contribution in [0.2, 0.25) is 0 Å². The fourth-order valence-electron chi connectivity index (χ4n) is 1.39. The van der Waals surface area contributed by atoms with Crippen molar-refractivity contribution in [2.24, 2.45) is 5.11 Å². The quantitative estimate of drug-likeness (QED) is 0.322. The molecule has 0 aliphatic rings. The number of carbonyl (C=O) groups is 1. The molecule has 72 valence electrons. The number of pyridine rings is 1. The van der Waals surface area contributed by atoms with Gasteiger partial charge in [0.15, 0.2) is 6.29 Å². The largest absolute Gasteiger partial charge is 0.298 e. The molecule has 0 saturated carbocycles. The lowest BCUT2D eigenvalue weighted by Crippen LogP contribution is -1.84. The van der Waals surface area contributed by atoms with Gasteiger partial charge in [-0.15, -0.1) is 0 Å². The highest BCUT2D eigenvalue weighted by Gasteiger charge is 2.05. The zero-order valence-electron chi connectivity index (χ0n) is 7.66. The predicted molar refractivity (Wildman–Crippen MR) is 55.9 cm³/mol. The van der Waals surface area contributed by atoms with E-state index in [4.69, 9.17) is 5.53 Å². The number of nitrogens with zero attached hydrogens (tertiary/aromatic N) is 4.